The highest BCUT2D eigenvalue weighted by Crippen LogP contribution is 2.28. The third-order valence-electron chi connectivity index (χ3n) is 3.08. The first kappa shape index (κ1) is 12.4. The second-order valence-electron chi connectivity index (χ2n) is 5.98. The Hall–Kier alpha value is -1.04. The Balaban J connectivity index is 2.23. The lowest BCUT2D eigenvalue weighted by Crippen LogP contribution is -2.35. The summed E-state index contributed by atoms with van der Waals surface area (Å²) in [7, 11) is -1.40. The van der Waals surface area contributed by atoms with Gasteiger partial charge in [0, 0.05) is 6.42 Å². The summed E-state index contributed by atoms with van der Waals surface area (Å²) in [5.41, 5.74) is 5.13. The summed E-state index contributed by atoms with van der Waals surface area (Å²) < 4.78 is 0. The van der Waals surface area contributed by atoms with Crippen LogP contribution in [0.25, 0.3) is 0 Å². The molecular weight excluding hydrogens is 224 g/mol. The monoisotopic (exact) mass is 244 g/mol. The Kier molecular flexibility index (Phi) is 3.16. The van der Waals surface area contributed by atoms with E-state index in [-0.39, 0.29) is 0 Å². The highest BCUT2D eigenvalue weighted by molar-refractivity contribution is 6.83. The predicted octanol–water partition coefficient (Wildman–Crippen LogP) is 2.79. The van der Waals surface area contributed by atoms with E-state index in [0.717, 1.165) is 12.8 Å². The molecule has 1 aromatic carbocycles. The van der Waals surface area contributed by atoms with Gasteiger partial charge in [-0.2, -0.15) is 0 Å². The molecular formula is C15H20OSi. The van der Waals surface area contributed by atoms with Crippen LogP contribution in [0.15, 0.2) is 24.3 Å². The third kappa shape index (κ3) is 3.21. The van der Waals surface area contributed by atoms with Gasteiger partial charge in [-0.15, -0.1) is 5.54 Å². The van der Waals surface area contributed by atoms with Crippen LogP contribution < -0.4 is 0 Å². The molecule has 1 atom stereocenters. The van der Waals surface area contributed by atoms with Crippen molar-refractivity contribution in [3.05, 3.63) is 35.4 Å². The van der Waals surface area contributed by atoms with E-state index in [1.54, 1.807) is 0 Å². The number of aliphatic hydroxyl groups is 1. The zero-order valence-corrected chi connectivity index (χ0v) is 11.9. The van der Waals surface area contributed by atoms with Crippen molar-refractivity contribution in [2.24, 2.45) is 0 Å². The molecule has 0 spiro atoms. The summed E-state index contributed by atoms with van der Waals surface area (Å²) in [5, 5.41) is 10.5. The van der Waals surface area contributed by atoms with Gasteiger partial charge in [-0.05, 0) is 24.0 Å². The number of hydrogen-bond donors (Lipinski definition) is 1. The molecule has 0 heterocycles. The van der Waals surface area contributed by atoms with Gasteiger partial charge in [0.15, 0.2) is 0 Å². The number of fused-ring (bicyclic) bond motifs is 1. The number of aryl methyl sites for hydroxylation is 1. The quantitative estimate of drug-likeness (QED) is 0.549. The van der Waals surface area contributed by atoms with Crippen LogP contribution in [0.4, 0.5) is 0 Å². The van der Waals surface area contributed by atoms with Gasteiger partial charge in [0.2, 0.25) is 0 Å². The van der Waals surface area contributed by atoms with Crippen molar-refractivity contribution in [3.8, 4) is 11.5 Å². The summed E-state index contributed by atoms with van der Waals surface area (Å²) in [4.78, 5) is 0. The Morgan fingerprint density at radius 3 is 2.47 bits per heavy atom. The topological polar surface area (TPSA) is 20.2 Å². The molecule has 0 aliphatic heterocycles. The van der Waals surface area contributed by atoms with Crippen molar-refractivity contribution in [3.63, 3.8) is 0 Å². The third-order valence-corrected chi connectivity index (χ3v) is 3.95. The number of hydrogen-bond acceptors (Lipinski definition) is 1. The fourth-order valence-corrected chi connectivity index (χ4v) is 2.74. The number of rotatable bonds is 0. The zero-order chi connectivity index (χ0) is 12.5. The fourth-order valence-electron chi connectivity index (χ4n) is 2.13. The maximum Gasteiger partial charge on any atom is 0.129 e. The molecule has 2 rings (SSSR count). The van der Waals surface area contributed by atoms with Crippen LogP contribution in [0.2, 0.25) is 19.6 Å². The Bertz CT molecular complexity index is 476. The lowest BCUT2D eigenvalue weighted by molar-refractivity contribution is 0.0864. The van der Waals surface area contributed by atoms with Crippen LogP contribution in [0, 0.1) is 11.5 Å². The summed E-state index contributed by atoms with van der Waals surface area (Å²) in [6.45, 7) is 6.63. The Morgan fingerprint density at radius 2 is 1.82 bits per heavy atom. The smallest absolute Gasteiger partial charge is 0.129 e. The second kappa shape index (κ2) is 4.32. The summed E-state index contributed by atoms with van der Waals surface area (Å²) in [5.74, 6) is 3.15. The van der Waals surface area contributed by atoms with Crippen LogP contribution in [-0.2, 0) is 12.8 Å². The average molecular weight is 244 g/mol. The molecule has 0 saturated heterocycles. The largest absolute Gasteiger partial charge is 0.377 e. The molecule has 1 nitrogen and oxygen atoms in total. The van der Waals surface area contributed by atoms with E-state index < -0.39 is 13.7 Å². The molecule has 1 aliphatic carbocycles. The maximum absolute atomic E-state index is 10.5. The molecule has 2 heteroatoms. The van der Waals surface area contributed by atoms with Gasteiger partial charge in [-0.3, -0.25) is 0 Å². The van der Waals surface area contributed by atoms with Crippen LogP contribution in [-0.4, -0.2) is 18.8 Å². The summed E-state index contributed by atoms with van der Waals surface area (Å²) >= 11 is 0. The SMILES string of the molecule is C[Si](C)(C)C#CC1(O)CCc2ccccc2C1. The van der Waals surface area contributed by atoms with E-state index in [4.69, 9.17) is 0 Å². The molecule has 0 bridgehead atoms. The van der Waals surface area contributed by atoms with Crippen molar-refractivity contribution >= 4 is 8.07 Å². The van der Waals surface area contributed by atoms with E-state index in [2.05, 4.69) is 49.3 Å². The van der Waals surface area contributed by atoms with Crippen LogP contribution in [0.1, 0.15) is 17.5 Å². The first-order valence-electron chi connectivity index (χ1n) is 6.22. The molecule has 1 aromatic rings. The molecule has 0 radical (unpaired) electrons. The van der Waals surface area contributed by atoms with Gasteiger partial charge in [0.1, 0.15) is 13.7 Å². The lowest BCUT2D eigenvalue weighted by Gasteiger charge is -2.29. The van der Waals surface area contributed by atoms with Crippen LogP contribution >= 0.6 is 0 Å². The van der Waals surface area contributed by atoms with Crippen molar-refractivity contribution in [1.82, 2.24) is 0 Å². The van der Waals surface area contributed by atoms with Gasteiger partial charge in [0.05, 0.1) is 0 Å². The van der Waals surface area contributed by atoms with Crippen LogP contribution in [0.5, 0.6) is 0 Å². The van der Waals surface area contributed by atoms with Gasteiger partial charge in [-0.25, -0.2) is 0 Å². The molecule has 0 saturated carbocycles. The van der Waals surface area contributed by atoms with Crippen molar-refractivity contribution in [1.29, 1.82) is 0 Å². The van der Waals surface area contributed by atoms with Crippen molar-refractivity contribution in [2.45, 2.75) is 44.5 Å². The summed E-state index contributed by atoms with van der Waals surface area (Å²) in [6, 6.07) is 8.37. The first-order valence-corrected chi connectivity index (χ1v) is 9.72. The Morgan fingerprint density at radius 1 is 1.18 bits per heavy atom. The van der Waals surface area contributed by atoms with Crippen molar-refractivity contribution in [2.75, 3.05) is 0 Å². The fraction of sp³-hybridized carbons (Fsp3) is 0.467. The van der Waals surface area contributed by atoms with Gasteiger partial charge in [-0.1, -0.05) is 49.8 Å². The van der Waals surface area contributed by atoms with Gasteiger partial charge >= 0.3 is 0 Å². The molecule has 1 unspecified atom stereocenters. The first-order chi connectivity index (χ1) is 7.88. The Labute approximate surface area is 105 Å². The maximum atomic E-state index is 10.5. The second-order valence-corrected chi connectivity index (χ2v) is 10.7. The normalized spacial score (nSPS) is 23.5. The van der Waals surface area contributed by atoms with Crippen LogP contribution in [0.3, 0.4) is 0 Å². The van der Waals surface area contributed by atoms with E-state index in [1.165, 1.54) is 11.1 Å². The molecule has 0 aromatic heterocycles. The molecule has 0 amide bonds. The van der Waals surface area contributed by atoms with Gasteiger partial charge < -0.3 is 5.11 Å². The molecule has 1 aliphatic rings. The van der Waals surface area contributed by atoms with E-state index >= 15 is 0 Å². The zero-order valence-electron chi connectivity index (χ0n) is 10.9. The van der Waals surface area contributed by atoms with E-state index in [1.807, 2.05) is 6.07 Å². The highest BCUT2D eigenvalue weighted by Gasteiger charge is 2.30. The van der Waals surface area contributed by atoms with E-state index in [0.29, 0.717) is 6.42 Å². The van der Waals surface area contributed by atoms with E-state index in [9.17, 15) is 5.11 Å². The summed E-state index contributed by atoms with van der Waals surface area (Å²) in [6.07, 6.45) is 2.38. The molecule has 0 fully saturated rings. The average Bonchev–Trinajstić information content (AvgIpc) is 2.26. The van der Waals surface area contributed by atoms with Gasteiger partial charge in [0.25, 0.3) is 0 Å². The molecule has 90 valence electrons. The number of benzene rings is 1. The molecule has 1 N–H and O–H groups in total. The minimum absolute atomic E-state index is 0.681. The highest BCUT2D eigenvalue weighted by atomic mass is 28.3. The standard InChI is InChI=1S/C15H20OSi/c1-17(2,3)11-10-15(16)9-8-13-6-4-5-7-14(13)12-15/h4-7,16H,8-9,12H2,1-3H3. The minimum Gasteiger partial charge on any atom is -0.377 e. The molecule has 17 heavy (non-hydrogen) atoms. The van der Waals surface area contributed by atoms with Crippen molar-refractivity contribution < 1.29 is 5.11 Å². The lowest BCUT2D eigenvalue weighted by atomic mass is 9.81. The predicted molar refractivity (Wildman–Crippen MR) is 74.5 cm³/mol. The minimum atomic E-state index is -1.40.